The molecule has 1 aliphatic heterocycles. The smallest absolute Gasteiger partial charge is 0.251 e. The number of hydrogen-bond acceptors (Lipinski definition) is 5. The fraction of sp³-hybridized carbons (Fsp3) is 0.429. The first-order valence-electron chi connectivity index (χ1n) is 9.94. The molecule has 2 heterocycles. The first kappa shape index (κ1) is 19.8. The second-order valence-corrected chi connectivity index (χ2v) is 8.70. The van der Waals surface area contributed by atoms with Crippen molar-refractivity contribution < 1.29 is 14.0 Å². The van der Waals surface area contributed by atoms with E-state index in [1.54, 1.807) is 12.1 Å². The van der Waals surface area contributed by atoms with E-state index >= 15 is 0 Å². The van der Waals surface area contributed by atoms with Crippen molar-refractivity contribution in [3.63, 3.8) is 0 Å². The highest BCUT2D eigenvalue weighted by Crippen LogP contribution is 2.39. The average molecular weight is 417 g/mol. The van der Waals surface area contributed by atoms with Gasteiger partial charge in [0.05, 0.1) is 11.6 Å². The number of aryl methyl sites for hydroxylation is 1. The number of carbonyl (C=O) groups is 2. The van der Waals surface area contributed by atoms with E-state index in [1.807, 2.05) is 6.92 Å². The Bertz CT molecular complexity index is 920. The minimum Gasteiger partial charge on any atom is -0.369 e. The van der Waals surface area contributed by atoms with E-state index in [9.17, 15) is 14.0 Å². The van der Waals surface area contributed by atoms with E-state index in [2.05, 4.69) is 15.1 Å². The number of halogens is 1. The first-order valence-corrected chi connectivity index (χ1v) is 10.8. The van der Waals surface area contributed by atoms with Crippen molar-refractivity contribution in [2.24, 2.45) is 5.73 Å². The molecule has 1 aromatic carbocycles. The van der Waals surface area contributed by atoms with Gasteiger partial charge < -0.3 is 16.0 Å². The van der Waals surface area contributed by atoms with Crippen LogP contribution in [0.1, 0.15) is 34.1 Å². The van der Waals surface area contributed by atoms with Crippen LogP contribution >= 0.6 is 11.3 Å². The molecule has 6 nitrogen and oxygen atoms in total. The summed E-state index contributed by atoms with van der Waals surface area (Å²) in [6.45, 7) is 4.88. The Morgan fingerprint density at radius 3 is 2.48 bits per heavy atom. The lowest BCUT2D eigenvalue weighted by Crippen LogP contribution is -2.52. The number of nitrogens with two attached hydrogens (primary N) is 1. The quantitative estimate of drug-likeness (QED) is 0.785. The van der Waals surface area contributed by atoms with Crippen molar-refractivity contribution in [3.8, 4) is 0 Å². The number of benzene rings is 1. The molecule has 0 spiro atoms. The van der Waals surface area contributed by atoms with E-state index in [4.69, 9.17) is 5.73 Å². The molecule has 8 heteroatoms. The number of amides is 2. The van der Waals surface area contributed by atoms with Crippen molar-refractivity contribution >= 4 is 33.8 Å². The van der Waals surface area contributed by atoms with E-state index in [1.165, 1.54) is 23.5 Å². The molecule has 1 fully saturated rings. The lowest BCUT2D eigenvalue weighted by molar-refractivity contribution is -0.120. The zero-order valence-corrected chi connectivity index (χ0v) is 17.2. The van der Waals surface area contributed by atoms with Crippen LogP contribution in [0.5, 0.6) is 0 Å². The van der Waals surface area contributed by atoms with Crippen LogP contribution in [-0.4, -0.2) is 48.9 Å². The molecule has 2 aliphatic rings. The van der Waals surface area contributed by atoms with Gasteiger partial charge in [-0.1, -0.05) is 0 Å². The number of primary amides is 1. The van der Waals surface area contributed by atoms with Gasteiger partial charge in [-0.25, -0.2) is 4.39 Å². The van der Waals surface area contributed by atoms with Crippen LogP contribution in [-0.2, 0) is 17.6 Å². The third-order valence-corrected chi connectivity index (χ3v) is 7.04. The highest BCUT2D eigenvalue weighted by molar-refractivity contribution is 7.17. The second-order valence-electron chi connectivity index (χ2n) is 7.59. The van der Waals surface area contributed by atoms with Gasteiger partial charge in [0, 0.05) is 36.7 Å². The Hall–Kier alpha value is -2.45. The van der Waals surface area contributed by atoms with Crippen molar-refractivity contribution in [1.82, 2.24) is 4.90 Å². The van der Waals surface area contributed by atoms with Crippen LogP contribution in [0.2, 0.25) is 0 Å². The molecule has 0 radical (unpaired) electrons. The molecule has 0 bridgehead atoms. The van der Waals surface area contributed by atoms with Crippen LogP contribution < -0.4 is 16.0 Å². The van der Waals surface area contributed by atoms with Gasteiger partial charge in [0.1, 0.15) is 10.8 Å². The Morgan fingerprint density at radius 2 is 1.83 bits per heavy atom. The van der Waals surface area contributed by atoms with Gasteiger partial charge in [-0.2, -0.15) is 0 Å². The van der Waals surface area contributed by atoms with Gasteiger partial charge in [0.15, 0.2) is 0 Å². The highest BCUT2D eigenvalue weighted by atomic mass is 32.1. The largest absolute Gasteiger partial charge is 0.369 e. The van der Waals surface area contributed by atoms with E-state index in [0.717, 1.165) is 61.6 Å². The molecule has 154 valence electrons. The van der Waals surface area contributed by atoms with Crippen molar-refractivity contribution in [2.75, 3.05) is 36.4 Å². The molecule has 0 saturated carbocycles. The lowest BCUT2D eigenvalue weighted by atomic mass is 10.1. The molecular formula is C21H25FN4O2S. The van der Waals surface area contributed by atoms with Crippen molar-refractivity contribution in [2.45, 2.75) is 32.2 Å². The SMILES string of the molecule is C[C@@H](C(=O)Nc1sc2c(c1C(N)=O)CCC2)N1CCN(c2ccc(F)cc2)CC1. The van der Waals surface area contributed by atoms with Crippen LogP contribution in [0.4, 0.5) is 15.1 Å². The Labute approximate surface area is 173 Å². The molecule has 29 heavy (non-hydrogen) atoms. The van der Waals surface area contributed by atoms with Gasteiger partial charge in [-0.3, -0.25) is 14.5 Å². The fourth-order valence-electron chi connectivity index (χ4n) is 4.15. The number of anilines is 2. The van der Waals surface area contributed by atoms with Gasteiger partial charge in [0.25, 0.3) is 5.91 Å². The number of piperazine rings is 1. The standard InChI is InChI=1S/C21H25FN4O2S/c1-13(25-9-11-26(12-10-25)15-7-5-14(22)6-8-15)20(28)24-21-18(19(23)27)16-3-2-4-17(16)29-21/h5-8,13H,2-4,9-12H2,1H3,(H2,23,27)(H,24,28)/t13-/m0/s1. The third kappa shape index (κ3) is 4.00. The molecule has 2 aromatic rings. The summed E-state index contributed by atoms with van der Waals surface area (Å²) in [5, 5.41) is 3.54. The molecular weight excluding hydrogens is 391 g/mol. The van der Waals surface area contributed by atoms with Crippen molar-refractivity contribution in [1.29, 1.82) is 0 Å². The van der Waals surface area contributed by atoms with Crippen LogP contribution in [0, 0.1) is 5.82 Å². The maximum atomic E-state index is 13.1. The van der Waals surface area contributed by atoms with Gasteiger partial charge in [0.2, 0.25) is 5.91 Å². The van der Waals surface area contributed by atoms with E-state index in [-0.39, 0.29) is 17.8 Å². The maximum absolute atomic E-state index is 13.1. The Balaban J connectivity index is 1.38. The van der Waals surface area contributed by atoms with Crippen molar-refractivity contribution in [3.05, 3.63) is 46.1 Å². The van der Waals surface area contributed by atoms with E-state index in [0.29, 0.717) is 10.6 Å². The molecule has 1 saturated heterocycles. The monoisotopic (exact) mass is 416 g/mol. The molecule has 2 amide bonds. The minimum absolute atomic E-state index is 0.123. The molecule has 4 rings (SSSR count). The zero-order chi connectivity index (χ0) is 20.5. The summed E-state index contributed by atoms with van der Waals surface area (Å²) in [7, 11) is 0. The van der Waals surface area contributed by atoms with Gasteiger partial charge in [-0.05, 0) is 56.0 Å². The summed E-state index contributed by atoms with van der Waals surface area (Å²) in [6.07, 6.45) is 2.82. The summed E-state index contributed by atoms with van der Waals surface area (Å²) in [5.41, 5.74) is 8.07. The molecule has 1 atom stereocenters. The number of nitrogens with zero attached hydrogens (tertiary/aromatic N) is 2. The number of thiophene rings is 1. The number of fused-ring (bicyclic) bond motifs is 1. The van der Waals surface area contributed by atoms with Crippen LogP contribution in [0.15, 0.2) is 24.3 Å². The summed E-state index contributed by atoms with van der Waals surface area (Å²) >= 11 is 1.48. The lowest BCUT2D eigenvalue weighted by Gasteiger charge is -2.38. The maximum Gasteiger partial charge on any atom is 0.251 e. The predicted octanol–water partition coefficient (Wildman–Crippen LogP) is 2.62. The summed E-state index contributed by atoms with van der Waals surface area (Å²) in [4.78, 5) is 30.3. The molecule has 1 aliphatic carbocycles. The highest BCUT2D eigenvalue weighted by Gasteiger charge is 2.29. The number of rotatable bonds is 5. The molecule has 0 unspecified atom stereocenters. The number of carbonyl (C=O) groups excluding carboxylic acids is 2. The van der Waals surface area contributed by atoms with Gasteiger partial charge in [-0.15, -0.1) is 11.3 Å². The summed E-state index contributed by atoms with van der Waals surface area (Å²) in [5.74, 6) is -0.838. The van der Waals surface area contributed by atoms with Gasteiger partial charge >= 0.3 is 0 Å². The summed E-state index contributed by atoms with van der Waals surface area (Å²) < 4.78 is 13.1. The average Bonchev–Trinajstić information content (AvgIpc) is 3.28. The minimum atomic E-state index is -0.472. The normalized spacial score (nSPS) is 17.8. The topological polar surface area (TPSA) is 78.7 Å². The predicted molar refractivity (Wildman–Crippen MR) is 113 cm³/mol. The fourth-order valence-corrected chi connectivity index (χ4v) is 5.45. The number of nitrogens with one attached hydrogen (secondary N) is 1. The first-order chi connectivity index (χ1) is 13.9. The van der Waals surface area contributed by atoms with Crippen LogP contribution in [0.3, 0.4) is 0 Å². The number of hydrogen-bond donors (Lipinski definition) is 2. The summed E-state index contributed by atoms with van der Waals surface area (Å²) in [6, 6.07) is 6.17. The molecule has 3 N–H and O–H groups in total. The second kappa shape index (κ2) is 8.12. The Morgan fingerprint density at radius 1 is 1.14 bits per heavy atom. The Kier molecular flexibility index (Phi) is 5.56. The zero-order valence-electron chi connectivity index (χ0n) is 16.4. The molecule has 1 aromatic heterocycles. The van der Waals surface area contributed by atoms with Crippen LogP contribution in [0.25, 0.3) is 0 Å². The third-order valence-electron chi connectivity index (χ3n) is 5.84. The van der Waals surface area contributed by atoms with E-state index < -0.39 is 5.91 Å².